The molecule has 2 atom stereocenters. The van der Waals surface area contributed by atoms with Gasteiger partial charge < -0.3 is 20.8 Å². The number of carbonyl (C=O) groups is 1. The van der Waals surface area contributed by atoms with Crippen LogP contribution in [0.25, 0.3) is 0 Å². The molecule has 2 aromatic carbocycles. The van der Waals surface area contributed by atoms with Crippen molar-refractivity contribution < 1.29 is 14.3 Å². The summed E-state index contributed by atoms with van der Waals surface area (Å²) in [6.07, 6.45) is 1.71. The van der Waals surface area contributed by atoms with Gasteiger partial charge in [-0.25, -0.2) is 4.39 Å². The van der Waals surface area contributed by atoms with E-state index in [1.165, 1.54) is 18.2 Å². The van der Waals surface area contributed by atoms with Crippen LogP contribution in [0.4, 0.5) is 4.39 Å². The zero-order valence-corrected chi connectivity index (χ0v) is 17.7. The predicted octanol–water partition coefficient (Wildman–Crippen LogP) is 4.02. The first-order valence-corrected chi connectivity index (χ1v) is 10.3. The Bertz CT molecular complexity index is 1150. The van der Waals surface area contributed by atoms with Crippen molar-refractivity contribution in [3.05, 3.63) is 93.0 Å². The summed E-state index contributed by atoms with van der Waals surface area (Å²) in [4.78, 5) is 15.7. The minimum absolute atomic E-state index is 0.00282. The molecule has 0 radical (unpaired) electrons. The first-order valence-electron chi connectivity index (χ1n) is 9.57. The summed E-state index contributed by atoms with van der Waals surface area (Å²) in [6, 6.07) is 12.6. The molecule has 0 fully saturated rings. The van der Waals surface area contributed by atoms with Crippen LogP contribution in [0.3, 0.4) is 0 Å². The number of benzene rings is 2. The van der Waals surface area contributed by atoms with Gasteiger partial charge in [-0.1, -0.05) is 41.4 Å². The van der Waals surface area contributed by atoms with E-state index >= 15 is 0 Å². The molecule has 4 N–H and O–H groups in total. The fourth-order valence-electron chi connectivity index (χ4n) is 3.53. The molecular formula is C22H19Cl2FN4O2. The van der Waals surface area contributed by atoms with E-state index in [1.54, 1.807) is 12.3 Å². The fraction of sp³-hybridized carbons (Fsp3) is 0.182. The molecule has 0 spiro atoms. The highest BCUT2D eigenvalue weighted by molar-refractivity contribution is 6.31. The van der Waals surface area contributed by atoms with Gasteiger partial charge in [0.25, 0.3) is 5.91 Å². The van der Waals surface area contributed by atoms with Gasteiger partial charge in [0.2, 0.25) is 0 Å². The van der Waals surface area contributed by atoms with E-state index in [-0.39, 0.29) is 17.5 Å². The summed E-state index contributed by atoms with van der Waals surface area (Å²) in [5, 5.41) is 17.4. The Morgan fingerprint density at radius 1 is 1.26 bits per heavy atom. The van der Waals surface area contributed by atoms with Gasteiger partial charge in [0.05, 0.1) is 23.4 Å². The highest BCUT2D eigenvalue weighted by Crippen LogP contribution is 2.27. The minimum Gasteiger partial charge on any atom is -0.394 e. The standard InChI is InChI=1S/C22H19Cl2FN4O2/c23-15-3-1-2-12(6-15)16-10-27-29-21(16)14-8-19(26-9-14)22(31)28-20(11-30)13-4-5-18(25)17(24)7-13/h1-9,16,20,26-27,30H,10-11H2,(H,28,31). The van der Waals surface area contributed by atoms with Crippen molar-refractivity contribution >= 4 is 34.8 Å². The lowest BCUT2D eigenvalue weighted by atomic mass is 9.92. The number of nitrogens with zero attached hydrogens (tertiary/aromatic N) is 1. The Morgan fingerprint density at radius 3 is 2.84 bits per heavy atom. The number of nitrogens with one attached hydrogen (secondary N) is 3. The largest absolute Gasteiger partial charge is 0.394 e. The molecule has 6 nitrogen and oxygen atoms in total. The number of hydrogen-bond acceptors (Lipinski definition) is 4. The number of aromatic amines is 1. The number of hydrazone groups is 1. The van der Waals surface area contributed by atoms with Gasteiger partial charge in [-0.3, -0.25) is 4.79 Å². The van der Waals surface area contributed by atoms with Crippen molar-refractivity contribution in [3.8, 4) is 0 Å². The quantitative estimate of drug-likeness (QED) is 0.447. The van der Waals surface area contributed by atoms with Crippen LogP contribution in [0.5, 0.6) is 0 Å². The number of H-pyrrole nitrogens is 1. The Hall–Kier alpha value is -2.87. The Morgan fingerprint density at radius 2 is 2.10 bits per heavy atom. The second-order valence-electron chi connectivity index (χ2n) is 7.15. The van der Waals surface area contributed by atoms with Crippen LogP contribution < -0.4 is 10.7 Å². The van der Waals surface area contributed by atoms with E-state index in [0.717, 1.165) is 16.8 Å². The molecule has 9 heteroatoms. The van der Waals surface area contributed by atoms with Gasteiger partial charge >= 0.3 is 0 Å². The second kappa shape index (κ2) is 9.09. The molecule has 0 aliphatic carbocycles. The third-order valence-electron chi connectivity index (χ3n) is 5.13. The third-order valence-corrected chi connectivity index (χ3v) is 5.66. The summed E-state index contributed by atoms with van der Waals surface area (Å²) < 4.78 is 13.4. The first kappa shape index (κ1) is 21.4. The van der Waals surface area contributed by atoms with Gasteiger partial charge in [-0.05, 0) is 41.5 Å². The normalized spacial score (nSPS) is 16.5. The lowest BCUT2D eigenvalue weighted by Gasteiger charge is -2.16. The molecule has 1 aliphatic rings. The maximum absolute atomic E-state index is 13.4. The van der Waals surface area contributed by atoms with Crippen molar-refractivity contribution in [2.45, 2.75) is 12.0 Å². The number of carbonyl (C=O) groups excluding carboxylic acids is 1. The van der Waals surface area contributed by atoms with Gasteiger partial charge in [0.15, 0.2) is 0 Å². The van der Waals surface area contributed by atoms with Gasteiger partial charge in [0.1, 0.15) is 11.5 Å². The monoisotopic (exact) mass is 460 g/mol. The molecular weight excluding hydrogens is 442 g/mol. The van der Waals surface area contributed by atoms with Crippen molar-refractivity contribution in [2.24, 2.45) is 5.10 Å². The van der Waals surface area contributed by atoms with E-state index in [4.69, 9.17) is 23.2 Å². The number of halogens is 3. The molecule has 1 amide bonds. The molecule has 31 heavy (non-hydrogen) atoms. The molecule has 2 heterocycles. The van der Waals surface area contributed by atoms with Crippen molar-refractivity contribution in [1.82, 2.24) is 15.7 Å². The van der Waals surface area contributed by atoms with Crippen LogP contribution >= 0.6 is 23.2 Å². The van der Waals surface area contributed by atoms with Crippen LogP contribution in [-0.4, -0.2) is 34.9 Å². The van der Waals surface area contributed by atoms with Gasteiger partial charge in [0, 0.05) is 29.2 Å². The zero-order chi connectivity index (χ0) is 22.0. The maximum atomic E-state index is 13.4. The highest BCUT2D eigenvalue weighted by Gasteiger charge is 2.26. The number of aliphatic hydroxyl groups excluding tert-OH is 1. The third kappa shape index (κ3) is 4.58. The summed E-state index contributed by atoms with van der Waals surface area (Å²) in [6.45, 7) is 0.259. The van der Waals surface area contributed by atoms with E-state index in [0.29, 0.717) is 22.8 Å². The number of aromatic nitrogens is 1. The molecule has 4 rings (SSSR count). The van der Waals surface area contributed by atoms with E-state index in [2.05, 4.69) is 20.8 Å². The van der Waals surface area contributed by atoms with Crippen LogP contribution in [0, 0.1) is 5.82 Å². The van der Waals surface area contributed by atoms with Crippen molar-refractivity contribution in [3.63, 3.8) is 0 Å². The maximum Gasteiger partial charge on any atom is 0.268 e. The number of amides is 1. The van der Waals surface area contributed by atoms with E-state index < -0.39 is 17.8 Å². The average molecular weight is 461 g/mol. The molecule has 3 aromatic rings. The van der Waals surface area contributed by atoms with E-state index in [1.807, 2.05) is 24.3 Å². The summed E-state index contributed by atoms with van der Waals surface area (Å²) in [7, 11) is 0. The van der Waals surface area contributed by atoms with Gasteiger partial charge in [-0.15, -0.1) is 0 Å². The molecule has 160 valence electrons. The smallest absolute Gasteiger partial charge is 0.268 e. The summed E-state index contributed by atoms with van der Waals surface area (Å²) in [5.41, 5.74) is 6.40. The first-order chi connectivity index (χ1) is 15.0. The zero-order valence-electron chi connectivity index (χ0n) is 16.2. The second-order valence-corrected chi connectivity index (χ2v) is 7.99. The van der Waals surface area contributed by atoms with E-state index in [9.17, 15) is 14.3 Å². The molecule has 2 unspecified atom stereocenters. The van der Waals surface area contributed by atoms with Crippen molar-refractivity contribution in [1.29, 1.82) is 0 Å². The van der Waals surface area contributed by atoms with Crippen LogP contribution in [-0.2, 0) is 0 Å². The Labute approximate surface area is 188 Å². The van der Waals surface area contributed by atoms with Gasteiger partial charge in [-0.2, -0.15) is 5.10 Å². The lowest BCUT2D eigenvalue weighted by Crippen LogP contribution is -2.31. The average Bonchev–Trinajstić information content (AvgIpc) is 3.43. The molecule has 1 aliphatic heterocycles. The SMILES string of the molecule is O=C(NC(CO)c1ccc(F)c(Cl)c1)c1cc(C2=NNCC2c2cccc(Cl)c2)c[nH]1. The summed E-state index contributed by atoms with van der Waals surface area (Å²) >= 11 is 11.9. The minimum atomic E-state index is -0.734. The number of hydrogen-bond donors (Lipinski definition) is 4. The fourth-order valence-corrected chi connectivity index (χ4v) is 3.92. The number of rotatable bonds is 6. The van der Waals surface area contributed by atoms with Crippen LogP contribution in [0.15, 0.2) is 59.8 Å². The molecule has 0 saturated heterocycles. The number of aliphatic hydroxyl groups is 1. The predicted molar refractivity (Wildman–Crippen MR) is 118 cm³/mol. The Kier molecular flexibility index (Phi) is 6.27. The lowest BCUT2D eigenvalue weighted by molar-refractivity contribution is 0.0911. The van der Waals surface area contributed by atoms with Crippen LogP contribution in [0.2, 0.25) is 10.0 Å². The molecule has 1 aromatic heterocycles. The van der Waals surface area contributed by atoms with Crippen LogP contribution in [0.1, 0.15) is 39.1 Å². The topological polar surface area (TPSA) is 89.5 Å². The molecule has 0 bridgehead atoms. The molecule has 0 saturated carbocycles. The van der Waals surface area contributed by atoms with Crippen molar-refractivity contribution in [2.75, 3.05) is 13.2 Å². The summed E-state index contributed by atoms with van der Waals surface area (Å²) in [5.74, 6) is -0.990. The highest BCUT2D eigenvalue weighted by atomic mass is 35.5. The Balaban J connectivity index is 1.51.